The Hall–Kier alpha value is -4.57. The number of carbonyl (C=O) groups is 3. The number of phosphoric acid groups is 2. The van der Waals surface area contributed by atoms with Gasteiger partial charge in [-0.3, -0.25) is 32.5 Å². The summed E-state index contributed by atoms with van der Waals surface area (Å²) in [5.74, 6) is -1.59. The van der Waals surface area contributed by atoms with E-state index in [-0.39, 0.29) is 19.3 Å². The molecule has 0 aliphatic heterocycles. The number of hydrogen-bond acceptors (Lipinski definition) is 14. The Labute approximate surface area is 689 Å². The van der Waals surface area contributed by atoms with Crippen molar-refractivity contribution in [2.75, 3.05) is 39.6 Å². The van der Waals surface area contributed by atoms with Crippen LogP contribution in [0.4, 0.5) is 0 Å². The Kier molecular flexibility index (Phi) is 83.3. The Morgan fingerprint density at radius 2 is 0.469 bits per heavy atom. The third kappa shape index (κ3) is 88.1. The van der Waals surface area contributed by atoms with Crippen LogP contribution in [0.5, 0.6) is 0 Å². The molecule has 4 N–H and O–H groups in total. The van der Waals surface area contributed by atoms with Crippen molar-refractivity contribution >= 4 is 33.6 Å². The second kappa shape index (κ2) is 86.8. The van der Waals surface area contributed by atoms with Gasteiger partial charge in [-0.05, 0) is 141 Å². The molecule has 0 saturated carbocycles. The largest absolute Gasteiger partial charge is 0.472 e. The molecule has 0 fully saturated rings. The number of allylic oxidation sites excluding steroid dienone is 24. The third-order valence-corrected chi connectivity index (χ3v) is 20.9. The van der Waals surface area contributed by atoms with Gasteiger partial charge in [-0.1, -0.05) is 366 Å². The summed E-state index contributed by atoms with van der Waals surface area (Å²) in [4.78, 5) is 58.9. The number of aliphatic hydroxyl groups is 2. The maximum Gasteiger partial charge on any atom is 0.472 e. The first-order valence-electron chi connectivity index (χ1n) is 45.1. The molecule has 0 aromatic carbocycles. The number of carbonyl (C=O) groups excluding carboxylic acids is 3. The SMILES string of the molecule is CC/C=C\C/C=C\C/C=C\C/C=C\C/C=C\CCCCCCCCCCCCCCCC(=O)OCC(COP(=O)(O)OCC(O)COP(=O)(O)OCC(O)COC(=O)CCCCCCCCCCCCCCCCCCC/C=C\C/C=C\C/C=C\C/C=C\CCCCC)OC(=O)CCCCCCC/C=C\C/C=C\C/C=C\CC. The summed E-state index contributed by atoms with van der Waals surface area (Å²) < 4.78 is 61.4. The van der Waals surface area contributed by atoms with E-state index in [4.69, 9.17) is 32.3 Å². The van der Waals surface area contributed by atoms with E-state index in [9.17, 15) is 43.5 Å². The first-order chi connectivity index (χ1) is 55.2. The topological polar surface area (TPSA) is 231 Å². The zero-order chi connectivity index (χ0) is 82.2. The summed E-state index contributed by atoms with van der Waals surface area (Å²) in [6.45, 7) is 2.45. The molecule has 5 unspecified atom stereocenters. The maximum absolute atomic E-state index is 13.0. The van der Waals surface area contributed by atoms with Gasteiger partial charge in [0.15, 0.2) is 6.10 Å². The van der Waals surface area contributed by atoms with Gasteiger partial charge in [0, 0.05) is 19.3 Å². The highest BCUT2D eigenvalue weighted by Gasteiger charge is 2.29. The van der Waals surface area contributed by atoms with Crippen LogP contribution < -0.4 is 0 Å². The molecular weight excluding hydrogens is 1460 g/mol. The molecule has 16 nitrogen and oxygen atoms in total. The second-order valence-corrected chi connectivity index (χ2v) is 32.9. The van der Waals surface area contributed by atoms with Crippen molar-refractivity contribution in [2.45, 2.75) is 399 Å². The summed E-state index contributed by atoms with van der Waals surface area (Å²) in [5.41, 5.74) is 0. The predicted octanol–water partition coefficient (Wildman–Crippen LogP) is 27.6. The Balaban J connectivity index is 4.45. The second-order valence-electron chi connectivity index (χ2n) is 30.0. The molecule has 0 amide bonds. The maximum atomic E-state index is 13.0. The molecule has 0 saturated heterocycles. The Morgan fingerprint density at radius 3 is 0.743 bits per heavy atom. The van der Waals surface area contributed by atoms with Crippen molar-refractivity contribution in [1.82, 2.24) is 0 Å². The Morgan fingerprint density at radius 1 is 0.257 bits per heavy atom. The zero-order valence-corrected chi connectivity index (χ0v) is 73.3. The van der Waals surface area contributed by atoms with Gasteiger partial charge in [0.05, 0.1) is 26.4 Å². The summed E-state index contributed by atoms with van der Waals surface area (Å²) >= 11 is 0. The van der Waals surface area contributed by atoms with Gasteiger partial charge in [-0.25, -0.2) is 9.13 Å². The standard InChI is InChI=1S/C95H164O16P2/c1-4-7-10-13-16-19-22-25-28-30-32-34-36-38-40-42-43-44-45-47-49-50-52-54-56-58-61-63-66-69-72-75-78-81-93(98)105-84-90(96)85-107-112(101,102)108-86-91(97)87-109-113(103,104)110-89-92(111-95(100)83-80-77-74-71-68-65-60-27-24-21-18-15-12-9-6-3)88-106-94(99)82-79-76-73-70-67-64-62-59-57-55-53-51-48-46-41-39-37-35-33-31-29-26-23-20-17-14-11-8-5-2/h8-9,11-12,16-21,25-29,32-35,38-41,60,90-92,96-97H,4-7,10,13-15,22-24,30-31,36-37,42-59,61-89H2,1-3H3,(H,101,102)(H,103,104)/b11-8-,12-9-,19-16-,20-17-,21-18-,28-25-,29-26-,34-32-,35-33-,40-38-,41-39-,60-27-. The van der Waals surface area contributed by atoms with Crippen LogP contribution in [-0.4, -0.2) is 95.9 Å². The molecule has 0 aromatic heterocycles. The van der Waals surface area contributed by atoms with Crippen LogP contribution in [0.1, 0.15) is 380 Å². The summed E-state index contributed by atoms with van der Waals surface area (Å²) in [7, 11) is -9.81. The number of hydrogen-bond donors (Lipinski definition) is 4. The first kappa shape index (κ1) is 108. The van der Waals surface area contributed by atoms with Gasteiger partial charge in [-0.15, -0.1) is 0 Å². The lowest BCUT2D eigenvalue weighted by atomic mass is 10.0. The smallest absolute Gasteiger partial charge is 0.463 e. The molecule has 18 heteroatoms. The van der Waals surface area contributed by atoms with Crippen LogP contribution in [0.2, 0.25) is 0 Å². The lowest BCUT2D eigenvalue weighted by Crippen LogP contribution is -2.30. The molecule has 0 aliphatic rings. The minimum absolute atomic E-state index is 0.0830. The molecule has 0 radical (unpaired) electrons. The van der Waals surface area contributed by atoms with E-state index in [1.807, 2.05) is 0 Å². The van der Waals surface area contributed by atoms with Crippen molar-refractivity contribution in [1.29, 1.82) is 0 Å². The first-order valence-corrected chi connectivity index (χ1v) is 48.1. The van der Waals surface area contributed by atoms with Crippen LogP contribution >= 0.6 is 15.6 Å². The average Bonchev–Trinajstić information content (AvgIpc) is 0.899. The van der Waals surface area contributed by atoms with Gasteiger partial charge in [0.1, 0.15) is 25.4 Å². The quantitative estimate of drug-likeness (QED) is 0.0146. The fourth-order valence-electron chi connectivity index (χ4n) is 12.2. The van der Waals surface area contributed by atoms with Gasteiger partial charge in [-0.2, -0.15) is 0 Å². The molecule has 0 bridgehead atoms. The van der Waals surface area contributed by atoms with Gasteiger partial charge in [0.25, 0.3) is 0 Å². The lowest BCUT2D eigenvalue weighted by molar-refractivity contribution is -0.161. The van der Waals surface area contributed by atoms with E-state index >= 15 is 0 Å². The van der Waals surface area contributed by atoms with Crippen molar-refractivity contribution < 1.29 is 75.8 Å². The van der Waals surface area contributed by atoms with Crippen molar-refractivity contribution in [2.24, 2.45) is 0 Å². The summed E-state index contributed by atoms with van der Waals surface area (Å²) in [6, 6.07) is 0. The minimum atomic E-state index is -4.94. The van der Waals surface area contributed by atoms with Crippen molar-refractivity contribution in [3.63, 3.8) is 0 Å². The van der Waals surface area contributed by atoms with Gasteiger partial charge >= 0.3 is 33.6 Å². The van der Waals surface area contributed by atoms with Crippen LogP contribution in [0.25, 0.3) is 0 Å². The van der Waals surface area contributed by atoms with Gasteiger partial charge in [0.2, 0.25) is 0 Å². The number of phosphoric ester groups is 2. The fraction of sp³-hybridized carbons (Fsp3) is 0.716. The normalized spacial score (nSPS) is 14.5. The van der Waals surface area contributed by atoms with Crippen LogP contribution in [-0.2, 0) is 55.8 Å². The zero-order valence-electron chi connectivity index (χ0n) is 71.5. The van der Waals surface area contributed by atoms with Crippen LogP contribution in [0.15, 0.2) is 146 Å². The van der Waals surface area contributed by atoms with E-state index in [1.54, 1.807) is 0 Å². The number of unbranched alkanes of at least 4 members (excludes halogenated alkanes) is 38. The van der Waals surface area contributed by atoms with Crippen molar-refractivity contribution in [3.05, 3.63) is 146 Å². The van der Waals surface area contributed by atoms with E-state index in [0.717, 1.165) is 154 Å². The monoisotopic (exact) mass is 1620 g/mol. The number of aliphatic hydroxyl groups excluding tert-OH is 2. The number of esters is 3. The molecule has 650 valence electrons. The molecule has 5 atom stereocenters. The van der Waals surface area contributed by atoms with E-state index in [1.165, 1.54) is 167 Å². The highest BCUT2D eigenvalue weighted by Crippen LogP contribution is 2.45. The molecule has 113 heavy (non-hydrogen) atoms. The average molecular weight is 1620 g/mol. The number of ether oxygens (including phenoxy) is 3. The molecule has 0 aliphatic carbocycles. The molecule has 0 heterocycles. The summed E-state index contributed by atoms with van der Waals surface area (Å²) in [5, 5.41) is 20.7. The molecule has 0 spiro atoms. The van der Waals surface area contributed by atoms with E-state index < -0.39 is 91.5 Å². The minimum Gasteiger partial charge on any atom is -0.463 e. The molecule has 0 aromatic rings. The molecular formula is C95H164O16P2. The van der Waals surface area contributed by atoms with E-state index in [2.05, 4.69) is 167 Å². The van der Waals surface area contributed by atoms with Crippen molar-refractivity contribution in [3.8, 4) is 0 Å². The third-order valence-electron chi connectivity index (χ3n) is 19.0. The lowest BCUT2D eigenvalue weighted by Gasteiger charge is -2.21. The highest BCUT2D eigenvalue weighted by molar-refractivity contribution is 7.47. The Bertz CT molecular complexity index is 2630. The predicted molar refractivity (Wildman–Crippen MR) is 473 cm³/mol. The number of rotatable bonds is 85. The van der Waals surface area contributed by atoms with Gasteiger partial charge < -0.3 is 34.2 Å². The van der Waals surface area contributed by atoms with Crippen LogP contribution in [0, 0.1) is 0 Å². The highest BCUT2D eigenvalue weighted by atomic mass is 31.2. The summed E-state index contributed by atoms with van der Waals surface area (Å²) in [6.07, 6.45) is 109. The fourth-order valence-corrected chi connectivity index (χ4v) is 13.8. The molecule has 0 rings (SSSR count). The van der Waals surface area contributed by atoms with E-state index in [0.29, 0.717) is 19.3 Å². The van der Waals surface area contributed by atoms with Crippen LogP contribution in [0.3, 0.4) is 0 Å².